The summed E-state index contributed by atoms with van der Waals surface area (Å²) in [4.78, 5) is 23.9. The Morgan fingerprint density at radius 1 is 0.800 bits per heavy atom. The van der Waals surface area contributed by atoms with E-state index in [-0.39, 0.29) is 26.5 Å². The van der Waals surface area contributed by atoms with Crippen molar-refractivity contribution in [3.05, 3.63) is 70.2 Å². The van der Waals surface area contributed by atoms with Gasteiger partial charge in [-0.1, -0.05) is 0 Å². The molecular weight excluding hydrogens is 383 g/mol. The predicted molar refractivity (Wildman–Crippen MR) is 84.6 cm³/mol. The minimum atomic E-state index is 0.0110. The first-order valence-electron chi connectivity index (χ1n) is 6.11. The topological polar surface area (TPSA) is 34.1 Å². The van der Waals surface area contributed by atoms with Crippen LogP contribution in [0.25, 0.3) is 0 Å². The van der Waals surface area contributed by atoms with E-state index in [4.69, 9.17) is 0 Å². The van der Waals surface area contributed by atoms with Crippen molar-refractivity contribution >= 4 is 42.5 Å². The summed E-state index contributed by atoms with van der Waals surface area (Å²) in [6, 6.07) is 16.6. The summed E-state index contributed by atoms with van der Waals surface area (Å²) in [5.74, 6) is 0.229. The fourth-order valence-corrected chi connectivity index (χ4v) is 3.62. The van der Waals surface area contributed by atoms with E-state index in [0.717, 1.165) is 10.0 Å². The van der Waals surface area contributed by atoms with Crippen LogP contribution in [-0.2, 0) is 0 Å². The van der Waals surface area contributed by atoms with Gasteiger partial charge in [-0.25, -0.2) is 0 Å². The maximum absolute atomic E-state index is 12.0. The van der Waals surface area contributed by atoms with Crippen molar-refractivity contribution in [1.29, 1.82) is 0 Å². The van der Waals surface area contributed by atoms with Gasteiger partial charge in [0.15, 0.2) is 0 Å². The van der Waals surface area contributed by atoms with E-state index in [1.807, 2.05) is 54.6 Å². The number of benzene rings is 2. The van der Waals surface area contributed by atoms with Crippen molar-refractivity contribution in [3.8, 4) is 0 Å². The molecule has 4 heteroatoms. The first-order chi connectivity index (χ1) is 9.66. The molecule has 0 saturated heterocycles. The van der Waals surface area contributed by atoms with Gasteiger partial charge < -0.3 is 0 Å². The Hall–Kier alpha value is -1.22. The van der Waals surface area contributed by atoms with Crippen molar-refractivity contribution in [2.24, 2.45) is 0 Å². The summed E-state index contributed by atoms with van der Waals surface area (Å²) in [5.41, 5.74) is 1.44. The Balaban J connectivity index is 1.83. The van der Waals surface area contributed by atoms with Gasteiger partial charge in [0.2, 0.25) is 0 Å². The van der Waals surface area contributed by atoms with Crippen LogP contribution in [0.3, 0.4) is 0 Å². The maximum atomic E-state index is 12.0. The first-order valence-corrected chi connectivity index (χ1v) is 9.33. The molecule has 0 fully saturated rings. The second-order valence-electron chi connectivity index (χ2n) is 4.21. The minimum absolute atomic E-state index is 0.0110. The number of hydrogen-bond donors (Lipinski definition) is 0. The van der Waals surface area contributed by atoms with Crippen LogP contribution in [0.2, 0.25) is 10.6 Å². The molecule has 0 bridgehead atoms. The fourth-order valence-electron chi connectivity index (χ4n) is 1.66. The van der Waals surface area contributed by atoms with Gasteiger partial charge in [-0.15, -0.1) is 0 Å². The third kappa shape index (κ3) is 4.41. The van der Waals surface area contributed by atoms with E-state index in [2.05, 4.69) is 15.9 Å². The zero-order chi connectivity index (χ0) is 14.4. The Kier molecular flexibility index (Phi) is 5.71. The third-order valence-corrected chi connectivity index (χ3v) is 5.21. The number of carbonyl (C=O) groups is 2. The number of hydrogen-bond acceptors (Lipinski definition) is 2. The van der Waals surface area contributed by atoms with Crippen LogP contribution in [0.4, 0.5) is 0 Å². The molecule has 102 valence electrons. The summed E-state index contributed by atoms with van der Waals surface area (Å²) in [6.45, 7) is 0. The molecule has 0 atom stereocenters. The van der Waals surface area contributed by atoms with Crippen molar-refractivity contribution in [1.82, 2.24) is 0 Å². The van der Waals surface area contributed by atoms with Crippen LogP contribution in [-0.4, -0.2) is 26.5 Å². The van der Waals surface area contributed by atoms with Gasteiger partial charge in [-0.3, -0.25) is 0 Å². The molecule has 2 aromatic carbocycles. The van der Waals surface area contributed by atoms with Crippen molar-refractivity contribution in [2.75, 3.05) is 0 Å². The molecule has 20 heavy (non-hydrogen) atoms. The molecule has 0 saturated carbocycles. The Bertz CT molecular complexity index is 594. The average Bonchev–Trinajstić information content (AvgIpc) is 2.48. The Morgan fingerprint density at radius 3 is 1.85 bits per heavy atom. The summed E-state index contributed by atoms with van der Waals surface area (Å²) < 4.78 is 0.957. The third-order valence-electron chi connectivity index (χ3n) is 2.73. The van der Waals surface area contributed by atoms with E-state index < -0.39 is 0 Å². The van der Waals surface area contributed by atoms with Gasteiger partial charge in [0.05, 0.1) is 0 Å². The monoisotopic (exact) mass is 396 g/mol. The van der Waals surface area contributed by atoms with Gasteiger partial charge in [0.25, 0.3) is 0 Å². The average molecular weight is 396 g/mol. The van der Waals surface area contributed by atoms with Crippen LogP contribution in [0, 0.1) is 0 Å². The van der Waals surface area contributed by atoms with E-state index in [0.29, 0.717) is 16.2 Å². The van der Waals surface area contributed by atoms with Gasteiger partial charge in [0.1, 0.15) is 0 Å². The second kappa shape index (κ2) is 7.53. The fraction of sp³-hybridized carbons (Fsp3) is 0.125. The molecule has 2 rings (SSSR count). The summed E-state index contributed by atoms with van der Waals surface area (Å²) >= 11 is 3.35. The zero-order valence-corrected chi connectivity index (χ0v) is 14.0. The number of Topliss-reactive ketones (excluding diaryl/α,β-unsaturated/α-hetero) is 2. The van der Waals surface area contributed by atoms with Crippen LogP contribution in [0.5, 0.6) is 0 Å². The predicted octanol–water partition coefficient (Wildman–Crippen LogP) is 4.06. The molecule has 0 aliphatic carbocycles. The summed E-state index contributed by atoms with van der Waals surface area (Å²) in [6.07, 6.45) is 0. The molecule has 0 N–H and O–H groups in total. The van der Waals surface area contributed by atoms with Crippen molar-refractivity contribution in [3.63, 3.8) is 0 Å². The summed E-state index contributed by atoms with van der Waals surface area (Å²) in [5, 5.41) is 0.937. The first kappa shape index (κ1) is 15.2. The number of carbonyl (C=O) groups excluding carboxylic acids is 2. The molecule has 0 heterocycles. The van der Waals surface area contributed by atoms with E-state index in [1.165, 1.54) is 0 Å². The standard InChI is InChI=1S/C16H13BrO2Se/c17-14-8-6-13(7-9-14)16(19)11-20-10-15(18)12-4-2-1-3-5-12/h1-9H,10-11H2. The number of rotatable bonds is 6. The molecule has 2 nitrogen and oxygen atoms in total. The molecule has 0 unspecified atom stereocenters. The number of halogens is 1. The Labute approximate surface area is 132 Å². The van der Waals surface area contributed by atoms with Crippen LogP contribution >= 0.6 is 15.9 Å². The Morgan fingerprint density at radius 2 is 1.30 bits per heavy atom. The SMILES string of the molecule is O=C(C[Se]CC(=O)c1ccc(Br)cc1)c1ccccc1. The molecule has 0 radical (unpaired) electrons. The van der Waals surface area contributed by atoms with Crippen LogP contribution in [0.1, 0.15) is 20.7 Å². The zero-order valence-electron chi connectivity index (χ0n) is 10.7. The summed E-state index contributed by atoms with van der Waals surface area (Å²) in [7, 11) is 0. The van der Waals surface area contributed by atoms with Gasteiger partial charge in [-0.2, -0.15) is 0 Å². The molecule has 0 aromatic heterocycles. The van der Waals surface area contributed by atoms with Crippen molar-refractivity contribution in [2.45, 2.75) is 10.6 Å². The molecule has 0 aliphatic heterocycles. The molecular formula is C16H13BrO2Se. The van der Waals surface area contributed by atoms with Gasteiger partial charge in [0, 0.05) is 0 Å². The normalized spacial score (nSPS) is 10.2. The van der Waals surface area contributed by atoms with Gasteiger partial charge >= 0.3 is 133 Å². The molecule has 0 amide bonds. The number of ketones is 2. The van der Waals surface area contributed by atoms with E-state index >= 15 is 0 Å². The van der Waals surface area contributed by atoms with E-state index in [1.54, 1.807) is 0 Å². The van der Waals surface area contributed by atoms with Crippen LogP contribution < -0.4 is 0 Å². The molecule has 2 aromatic rings. The molecule has 0 spiro atoms. The van der Waals surface area contributed by atoms with Gasteiger partial charge in [-0.05, 0) is 0 Å². The second-order valence-corrected chi connectivity index (χ2v) is 7.20. The quantitative estimate of drug-likeness (QED) is 0.546. The van der Waals surface area contributed by atoms with Crippen LogP contribution in [0.15, 0.2) is 59.1 Å². The molecule has 0 aliphatic rings. The van der Waals surface area contributed by atoms with Crippen molar-refractivity contribution < 1.29 is 9.59 Å². The van der Waals surface area contributed by atoms with E-state index in [9.17, 15) is 9.59 Å².